The maximum atomic E-state index is 13.3. The highest BCUT2D eigenvalue weighted by atomic mass is 19.3. The number of alkyl halides is 2. The Kier molecular flexibility index (Phi) is 3.71. The average Bonchev–Trinajstić information content (AvgIpc) is 3.15. The third-order valence-corrected chi connectivity index (χ3v) is 6.20. The topological polar surface area (TPSA) is 79.6 Å². The van der Waals surface area contributed by atoms with Gasteiger partial charge in [-0.05, 0) is 32.0 Å². The Labute approximate surface area is 154 Å². The Morgan fingerprint density at radius 1 is 1.30 bits per heavy atom. The molecule has 0 aromatic heterocycles. The molecule has 2 amide bonds. The molecule has 3 saturated heterocycles. The van der Waals surface area contributed by atoms with Gasteiger partial charge in [0.05, 0.1) is 40.9 Å². The molecule has 4 rings (SSSR count). The van der Waals surface area contributed by atoms with Crippen LogP contribution in [0.25, 0.3) is 0 Å². The quantitative estimate of drug-likeness (QED) is 0.758. The molecule has 0 N–H and O–H groups in total. The second kappa shape index (κ2) is 5.57. The van der Waals surface area contributed by atoms with Crippen molar-refractivity contribution in [1.82, 2.24) is 0 Å². The zero-order valence-corrected chi connectivity index (χ0v) is 15.0. The van der Waals surface area contributed by atoms with Crippen LogP contribution in [0.3, 0.4) is 0 Å². The molecule has 3 unspecified atom stereocenters. The first-order valence-electron chi connectivity index (χ1n) is 8.61. The number of ether oxygens (including phenoxy) is 2. The Morgan fingerprint density at radius 2 is 1.96 bits per heavy atom. The summed E-state index contributed by atoms with van der Waals surface area (Å²) in [6.45, 7) is 3.54. The fourth-order valence-electron chi connectivity index (χ4n) is 5.04. The van der Waals surface area contributed by atoms with Crippen LogP contribution in [0.2, 0.25) is 0 Å². The minimum absolute atomic E-state index is 0.0502. The standard InChI is InChI=1S/C19H18F2N2O4/c1-18-7-12(26-3)19(2,27-18)14-13(18)16(24)23(17(14)25)10-5-4-9(8-22)11(6-10)15(20)21/h4-6,12-15H,7H2,1-3H3/t12?,13-,14+,18?,19?/m0/s1. The number of carbonyl (C=O) groups is 2. The van der Waals surface area contributed by atoms with Gasteiger partial charge < -0.3 is 9.47 Å². The number of hydrogen-bond donors (Lipinski definition) is 0. The van der Waals surface area contributed by atoms with Gasteiger partial charge >= 0.3 is 0 Å². The van der Waals surface area contributed by atoms with Crippen LogP contribution in [0.1, 0.15) is 37.8 Å². The smallest absolute Gasteiger partial charge is 0.265 e. The Hall–Kier alpha value is -2.37. The molecule has 2 bridgehead atoms. The number of fused-ring (bicyclic) bond motifs is 5. The van der Waals surface area contributed by atoms with Gasteiger partial charge in [-0.2, -0.15) is 5.26 Å². The van der Waals surface area contributed by atoms with E-state index in [0.717, 1.165) is 11.0 Å². The summed E-state index contributed by atoms with van der Waals surface area (Å²) in [5.41, 5.74) is -2.43. The molecule has 3 aliphatic heterocycles. The van der Waals surface area contributed by atoms with Crippen LogP contribution in [0.15, 0.2) is 18.2 Å². The lowest BCUT2D eigenvalue weighted by atomic mass is 9.67. The fraction of sp³-hybridized carbons (Fsp3) is 0.526. The molecular formula is C19H18F2N2O4. The summed E-state index contributed by atoms with van der Waals surface area (Å²) in [4.78, 5) is 27.2. The van der Waals surface area contributed by atoms with Crippen LogP contribution >= 0.6 is 0 Å². The highest BCUT2D eigenvalue weighted by Gasteiger charge is 2.76. The van der Waals surface area contributed by atoms with E-state index in [2.05, 4.69) is 0 Å². The number of nitrogens with zero attached hydrogens (tertiary/aromatic N) is 2. The summed E-state index contributed by atoms with van der Waals surface area (Å²) in [5.74, 6) is -2.37. The maximum Gasteiger partial charge on any atom is 0.265 e. The van der Waals surface area contributed by atoms with Gasteiger partial charge in [-0.3, -0.25) is 9.59 Å². The Balaban J connectivity index is 1.78. The number of imide groups is 1. The van der Waals surface area contributed by atoms with Gasteiger partial charge in [-0.25, -0.2) is 13.7 Å². The average molecular weight is 376 g/mol. The summed E-state index contributed by atoms with van der Waals surface area (Å²) in [7, 11) is 1.53. The first-order chi connectivity index (χ1) is 12.7. The minimum Gasteiger partial charge on any atom is -0.378 e. The van der Waals surface area contributed by atoms with Crippen LogP contribution in [-0.2, 0) is 19.1 Å². The van der Waals surface area contributed by atoms with Crippen LogP contribution in [0.5, 0.6) is 0 Å². The number of benzene rings is 1. The van der Waals surface area contributed by atoms with E-state index >= 15 is 0 Å². The van der Waals surface area contributed by atoms with Gasteiger partial charge in [0.2, 0.25) is 11.8 Å². The second-order valence-corrected chi connectivity index (χ2v) is 7.68. The molecule has 3 heterocycles. The molecule has 6 nitrogen and oxygen atoms in total. The van der Waals surface area contributed by atoms with E-state index in [4.69, 9.17) is 14.7 Å². The van der Waals surface area contributed by atoms with Crippen LogP contribution < -0.4 is 4.90 Å². The monoisotopic (exact) mass is 376 g/mol. The number of halogens is 2. The highest BCUT2D eigenvalue weighted by Crippen LogP contribution is 2.61. The lowest BCUT2D eigenvalue weighted by molar-refractivity contribution is -0.133. The van der Waals surface area contributed by atoms with Crippen molar-refractivity contribution in [2.45, 2.75) is 44.0 Å². The van der Waals surface area contributed by atoms with Gasteiger partial charge in [0, 0.05) is 19.1 Å². The summed E-state index contributed by atoms with van der Waals surface area (Å²) >= 11 is 0. The number of hydrogen-bond acceptors (Lipinski definition) is 5. The van der Waals surface area contributed by atoms with Crippen molar-refractivity contribution < 1.29 is 27.8 Å². The summed E-state index contributed by atoms with van der Waals surface area (Å²) < 4.78 is 38.1. The molecule has 3 aliphatic rings. The van der Waals surface area contributed by atoms with Crippen LogP contribution in [0, 0.1) is 23.2 Å². The lowest BCUT2D eigenvalue weighted by Gasteiger charge is -2.34. The van der Waals surface area contributed by atoms with Gasteiger partial charge in [0.25, 0.3) is 6.43 Å². The van der Waals surface area contributed by atoms with E-state index in [0.29, 0.717) is 6.42 Å². The molecule has 3 fully saturated rings. The lowest BCUT2D eigenvalue weighted by Crippen LogP contribution is -2.49. The summed E-state index contributed by atoms with van der Waals surface area (Å²) in [5, 5.41) is 9.00. The summed E-state index contributed by atoms with van der Waals surface area (Å²) in [6, 6.07) is 5.30. The van der Waals surface area contributed by atoms with E-state index in [9.17, 15) is 18.4 Å². The van der Waals surface area contributed by atoms with E-state index in [1.54, 1.807) is 19.9 Å². The largest absolute Gasteiger partial charge is 0.378 e. The number of amides is 2. The minimum atomic E-state index is -2.89. The fourth-order valence-corrected chi connectivity index (χ4v) is 5.04. The van der Waals surface area contributed by atoms with Gasteiger partial charge in [0.15, 0.2) is 0 Å². The van der Waals surface area contributed by atoms with Crippen LogP contribution in [-0.4, -0.2) is 36.2 Å². The van der Waals surface area contributed by atoms with Crippen molar-refractivity contribution in [2.75, 3.05) is 12.0 Å². The molecule has 0 spiro atoms. The highest BCUT2D eigenvalue weighted by molar-refractivity contribution is 6.23. The molecule has 142 valence electrons. The number of rotatable bonds is 3. The van der Waals surface area contributed by atoms with Gasteiger partial charge in [-0.1, -0.05) is 0 Å². The number of carbonyl (C=O) groups excluding carboxylic acids is 2. The van der Waals surface area contributed by atoms with Crippen molar-refractivity contribution in [3.8, 4) is 6.07 Å². The molecule has 1 aromatic carbocycles. The van der Waals surface area contributed by atoms with Gasteiger partial charge in [0.1, 0.15) is 5.60 Å². The number of nitriles is 1. The van der Waals surface area contributed by atoms with Crippen molar-refractivity contribution in [3.63, 3.8) is 0 Å². The third-order valence-electron chi connectivity index (χ3n) is 6.20. The maximum absolute atomic E-state index is 13.3. The van der Waals surface area contributed by atoms with Gasteiger partial charge in [-0.15, -0.1) is 0 Å². The number of methoxy groups -OCH3 is 1. The summed E-state index contributed by atoms with van der Waals surface area (Å²) in [6.07, 6.45) is -2.75. The van der Waals surface area contributed by atoms with E-state index in [-0.39, 0.29) is 17.4 Å². The first kappa shape index (κ1) is 18.0. The molecule has 27 heavy (non-hydrogen) atoms. The van der Waals surface area contributed by atoms with E-state index in [1.807, 2.05) is 0 Å². The second-order valence-electron chi connectivity index (χ2n) is 7.68. The molecular weight excluding hydrogens is 358 g/mol. The van der Waals surface area contributed by atoms with E-state index < -0.39 is 46.8 Å². The molecule has 0 aliphatic carbocycles. The molecule has 0 saturated carbocycles. The van der Waals surface area contributed by atoms with Crippen molar-refractivity contribution in [1.29, 1.82) is 5.26 Å². The van der Waals surface area contributed by atoms with Crippen molar-refractivity contribution >= 4 is 17.5 Å². The first-order valence-corrected chi connectivity index (χ1v) is 8.61. The SMILES string of the molecule is COC1CC2(C)OC1(C)[C@H]1C(=O)N(c3ccc(C#N)c(C(F)F)c3)C(=O)[C@H]12. The molecule has 1 aromatic rings. The third kappa shape index (κ3) is 2.15. The van der Waals surface area contributed by atoms with Crippen molar-refractivity contribution in [2.24, 2.45) is 11.8 Å². The number of anilines is 1. The molecule has 5 atom stereocenters. The predicted molar refractivity (Wildman–Crippen MR) is 88.9 cm³/mol. The van der Waals surface area contributed by atoms with E-state index in [1.165, 1.54) is 19.2 Å². The Morgan fingerprint density at radius 3 is 2.56 bits per heavy atom. The normalized spacial score (nSPS) is 37.2. The Bertz CT molecular complexity index is 898. The van der Waals surface area contributed by atoms with Crippen LogP contribution in [0.4, 0.5) is 14.5 Å². The zero-order valence-electron chi connectivity index (χ0n) is 15.0. The molecule has 8 heteroatoms. The zero-order chi connectivity index (χ0) is 19.7. The molecule has 0 radical (unpaired) electrons. The van der Waals surface area contributed by atoms with Crippen molar-refractivity contribution in [3.05, 3.63) is 29.3 Å². The predicted octanol–water partition coefficient (Wildman–Crippen LogP) is 2.57.